The lowest BCUT2D eigenvalue weighted by Gasteiger charge is -2.20. The average molecular weight is 281 g/mol. The summed E-state index contributed by atoms with van der Waals surface area (Å²) in [7, 11) is 1.81. The molecule has 2 rings (SSSR count). The van der Waals surface area contributed by atoms with Gasteiger partial charge in [0.05, 0.1) is 12.2 Å². The van der Waals surface area contributed by atoms with Crippen molar-refractivity contribution in [1.29, 1.82) is 0 Å². The predicted octanol–water partition coefficient (Wildman–Crippen LogP) is 2.72. The van der Waals surface area contributed by atoms with Crippen LogP contribution in [0.4, 0.5) is 8.78 Å². The number of rotatable bonds is 6. The van der Waals surface area contributed by atoms with Gasteiger partial charge in [0.25, 0.3) is 0 Å². The molecule has 0 aliphatic carbocycles. The third-order valence-corrected chi connectivity index (χ3v) is 2.91. The van der Waals surface area contributed by atoms with Crippen molar-refractivity contribution in [3.8, 4) is 5.75 Å². The SMILES string of the molecule is CCNC(c1cnn(C)c1)c1ccccc1OC(F)F. The molecular formula is C14H17F2N3O. The topological polar surface area (TPSA) is 39.1 Å². The Labute approximate surface area is 116 Å². The highest BCUT2D eigenvalue weighted by Crippen LogP contribution is 2.30. The number of aryl methyl sites for hydroxylation is 1. The molecule has 6 heteroatoms. The lowest BCUT2D eigenvalue weighted by atomic mass is 10.0. The van der Waals surface area contributed by atoms with Gasteiger partial charge in [-0.3, -0.25) is 4.68 Å². The first kappa shape index (κ1) is 14.5. The van der Waals surface area contributed by atoms with Gasteiger partial charge in [-0.15, -0.1) is 0 Å². The largest absolute Gasteiger partial charge is 0.434 e. The number of para-hydroxylation sites is 1. The molecule has 1 heterocycles. The van der Waals surface area contributed by atoms with E-state index in [1.165, 1.54) is 0 Å². The van der Waals surface area contributed by atoms with Crippen molar-refractivity contribution in [3.05, 3.63) is 47.8 Å². The Morgan fingerprint density at radius 1 is 1.35 bits per heavy atom. The van der Waals surface area contributed by atoms with Gasteiger partial charge in [-0.25, -0.2) is 0 Å². The first-order chi connectivity index (χ1) is 9.61. The summed E-state index contributed by atoms with van der Waals surface area (Å²) in [4.78, 5) is 0. The van der Waals surface area contributed by atoms with E-state index in [-0.39, 0.29) is 11.8 Å². The zero-order chi connectivity index (χ0) is 14.5. The number of halogens is 2. The predicted molar refractivity (Wildman–Crippen MR) is 71.8 cm³/mol. The number of ether oxygens (including phenoxy) is 1. The molecule has 0 amide bonds. The summed E-state index contributed by atoms with van der Waals surface area (Å²) in [5.41, 5.74) is 1.57. The van der Waals surface area contributed by atoms with Crippen molar-refractivity contribution < 1.29 is 13.5 Å². The van der Waals surface area contributed by atoms with Crippen LogP contribution in [0.1, 0.15) is 24.1 Å². The van der Waals surface area contributed by atoms with Crippen molar-refractivity contribution in [2.75, 3.05) is 6.54 Å². The first-order valence-electron chi connectivity index (χ1n) is 6.37. The highest BCUT2D eigenvalue weighted by molar-refractivity contribution is 5.40. The van der Waals surface area contributed by atoms with Crippen LogP contribution in [0, 0.1) is 0 Å². The Balaban J connectivity index is 2.38. The minimum Gasteiger partial charge on any atom is -0.434 e. The lowest BCUT2D eigenvalue weighted by molar-refractivity contribution is -0.0506. The number of benzene rings is 1. The van der Waals surface area contributed by atoms with Crippen LogP contribution in [-0.2, 0) is 7.05 Å². The summed E-state index contributed by atoms with van der Waals surface area (Å²) >= 11 is 0. The first-order valence-corrected chi connectivity index (χ1v) is 6.37. The Kier molecular flexibility index (Phi) is 4.68. The third-order valence-electron chi connectivity index (χ3n) is 2.91. The van der Waals surface area contributed by atoms with E-state index in [4.69, 9.17) is 0 Å². The molecule has 1 aromatic carbocycles. The van der Waals surface area contributed by atoms with Crippen molar-refractivity contribution >= 4 is 0 Å². The second kappa shape index (κ2) is 6.47. The highest BCUT2D eigenvalue weighted by atomic mass is 19.3. The second-order valence-electron chi connectivity index (χ2n) is 4.35. The maximum atomic E-state index is 12.5. The fourth-order valence-electron chi connectivity index (χ4n) is 2.12. The number of nitrogens with one attached hydrogen (secondary N) is 1. The van der Waals surface area contributed by atoms with Gasteiger partial charge in [-0.2, -0.15) is 13.9 Å². The number of aromatic nitrogens is 2. The van der Waals surface area contributed by atoms with E-state index in [0.717, 1.165) is 5.56 Å². The van der Waals surface area contributed by atoms with Crippen LogP contribution in [0.25, 0.3) is 0 Å². The van der Waals surface area contributed by atoms with E-state index < -0.39 is 6.61 Å². The fourth-order valence-corrected chi connectivity index (χ4v) is 2.12. The molecule has 1 atom stereocenters. The smallest absolute Gasteiger partial charge is 0.387 e. The fraction of sp³-hybridized carbons (Fsp3) is 0.357. The summed E-state index contributed by atoms with van der Waals surface area (Å²) in [5, 5.41) is 7.39. The number of alkyl halides is 2. The summed E-state index contributed by atoms with van der Waals surface area (Å²) in [6.07, 6.45) is 3.57. The minimum absolute atomic E-state index is 0.178. The van der Waals surface area contributed by atoms with Crippen molar-refractivity contribution in [3.63, 3.8) is 0 Å². The van der Waals surface area contributed by atoms with E-state index in [9.17, 15) is 8.78 Å². The molecule has 4 nitrogen and oxygen atoms in total. The average Bonchev–Trinajstić information content (AvgIpc) is 2.83. The number of hydrogen-bond donors (Lipinski definition) is 1. The van der Waals surface area contributed by atoms with Gasteiger partial charge in [0.1, 0.15) is 5.75 Å². The van der Waals surface area contributed by atoms with Gasteiger partial charge in [0.2, 0.25) is 0 Å². The summed E-state index contributed by atoms with van der Waals surface area (Å²) in [6, 6.07) is 6.56. The van der Waals surface area contributed by atoms with Gasteiger partial charge in [-0.05, 0) is 12.6 Å². The van der Waals surface area contributed by atoms with Crippen LogP contribution < -0.4 is 10.1 Å². The summed E-state index contributed by atoms with van der Waals surface area (Å²) in [6.45, 7) is -0.185. The van der Waals surface area contributed by atoms with E-state index in [0.29, 0.717) is 12.1 Å². The van der Waals surface area contributed by atoms with E-state index in [2.05, 4.69) is 15.2 Å². The van der Waals surface area contributed by atoms with E-state index >= 15 is 0 Å². The monoisotopic (exact) mass is 281 g/mol. The molecule has 0 aliphatic heterocycles. The van der Waals surface area contributed by atoms with E-state index in [1.807, 2.05) is 20.2 Å². The van der Waals surface area contributed by atoms with Gasteiger partial charge in [-0.1, -0.05) is 25.1 Å². The molecule has 0 fully saturated rings. The van der Waals surface area contributed by atoms with Crippen LogP contribution in [0.3, 0.4) is 0 Å². The quantitative estimate of drug-likeness (QED) is 0.885. The standard InChI is InChI=1S/C14H17F2N3O/c1-3-17-13(10-8-18-19(2)9-10)11-6-4-5-7-12(11)20-14(15)16/h4-9,13-14,17H,3H2,1-2H3. The van der Waals surface area contributed by atoms with Crippen LogP contribution in [0.5, 0.6) is 5.75 Å². The second-order valence-corrected chi connectivity index (χ2v) is 4.35. The highest BCUT2D eigenvalue weighted by Gasteiger charge is 2.20. The maximum absolute atomic E-state index is 12.5. The van der Waals surface area contributed by atoms with Crippen LogP contribution in [0.2, 0.25) is 0 Å². The summed E-state index contributed by atoms with van der Waals surface area (Å²) < 4.78 is 31.3. The molecule has 1 N–H and O–H groups in total. The van der Waals surface area contributed by atoms with E-state index in [1.54, 1.807) is 35.1 Å². The molecule has 0 aliphatic rings. The lowest BCUT2D eigenvalue weighted by Crippen LogP contribution is -2.22. The Bertz CT molecular complexity index is 557. The number of hydrogen-bond acceptors (Lipinski definition) is 3. The molecule has 0 saturated carbocycles. The molecule has 2 aromatic rings. The molecular weight excluding hydrogens is 264 g/mol. The molecule has 1 aromatic heterocycles. The molecule has 20 heavy (non-hydrogen) atoms. The van der Waals surface area contributed by atoms with Crippen LogP contribution in [0.15, 0.2) is 36.7 Å². The molecule has 0 spiro atoms. The third kappa shape index (κ3) is 3.33. The zero-order valence-electron chi connectivity index (χ0n) is 11.4. The van der Waals surface area contributed by atoms with Crippen LogP contribution in [-0.4, -0.2) is 22.9 Å². The molecule has 0 bridgehead atoms. The molecule has 0 saturated heterocycles. The van der Waals surface area contributed by atoms with Crippen molar-refractivity contribution in [1.82, 2.24) is 15.1 Å². The maximum Gasteiger partial charge on any atom is 0.387 e. The molecule has 0 radical (unpaired) electrons. The molecule has 108 valence electrons. The van der Waals surface area contributed by atoms with Gasteiger partial charge in [0, 0.05) is 24.4 Å². The van der Waals surface area contributed by atoms with Crippen LogP contribution >= 0.6 is 0 Å². The minimum atomic E-state index is -2.84. The number of nitrogens with zero attached hydrogens (tertiary/aromatic N) is 2. The Morgan fingerprint density at radius 3 is 2.70 bits per heavy atom. The van der Waals surface area contributed by atoms with Gasteiger partial charge >= 0.3 is 6.61 Å². The normalized spacial score (nSPS) is 12.7. The molecule has 1 unspecified atom stereocenters. The zero-order valence-corrected chi connectivity index (χ0v) is 11.4. The summed E-state index contributed by atoms with van der Waals surface area (Å²) in [5.74, 6) is 0.178. The van der Waals surface area contributed by atoms with Crippen molar-refractivity contribution in [2.45, 2.75) is 19.6 Å². The Hall–Kier alpha value is -1.95. The Morgan fingerprint density at radius 2 is 2.10 bits per heavy atom. The van der Waals surface area contributed by atoms with Gasteiger partial charge < -0.3 is 10.1 Å². The van der Waals surface area contributed by atoms with Gasteiger partial charge in [0.15, 0.2) is 0 Å². The van der Waals surface area contributed by atoms with Crippen molar-refractivity contribution in [2.24, 2.45) is 7.05 Å².